The van der Waals surface area contributed by atoms with Gasteiger partial charge in [-0.05, 0) is 30.7 Å². The van der Waals surface area contributed by atoms with Gasteiger partial charge in [0.1, 0.15) is 6.10 Å². The second-order valence-electron chi connectivity index (χ2n) is 6.29. The normalized spacial score (nSPS) is 17.2. The highest BCUT2D eigenvalue weighted by Gasteiger charge is 2.26. The van der Waals surface area contributed by atoms with Crippen LogP contribution in [0.2, 0.25) is 0 Å². The maximum Gasteiger partial charge on any atom is 0.255 e. The monoisotopic (exact) mass is 347 g/mol. The van der Waals surface area contributed by atoms with Gasteiger partial charge in [0.05, 0.1) is 30.3 Å². The minimum atomic E-state index is -0.242. The third-order valence-corrected chi connectivity index (χ3v) is 4.59. The molecule has 7 nitrogen and oxygen atoms in total. The Morgan fingerprint density at radius 1 is 1.42 bits per heavy atom. The van der Waals surface area contributed by atoms with E-state index in [4.69, 9.17) is 10.00 Å². The van der Waals surface area contributed by atoms with Crippen LogP contribution in [0, 0.1) is 18.3 Å². The first-order valence-corrected chi connectivity index (χ1v) is 8.37. The van der Waals surface area contributed by atoms with Crippen molar-refractivity contribution in [2.45, 2.75) is 13.0 Å². The summed E-state index contributed by atoms with van der Waals surface area (Å²) in [6.07, 6.45) is 1.32. The second kappa shape index (κ2) is 6.58. The molecule has 4 rings (SSSR count). The largest absolute Gasteiger partial charge is 0.370 e. The van der Waals surface area contributed by atoms with Crippen LogP contribution in [0.25, 0.3) is 11.0 Å². The Labute approximate surface area is 150 Å². The van der Waals surface area contributed by atoms with Crippen molar-refractivity contribution in [1.29, 1.82) is 5.26 Å². The van der Waals surface area contributed by atoms with E-state index in [2.05, 4.69) is 21.3 Å². The summed E-state index contributed by atoms with van der Waals surface area (Å²) < 4.78 is 5.82. The van der Waals surface area contributed by atoms with Crippen LogP contribution in [0.5, 0.6) is 0 Å². The lowest BCUT2D eigenvalue weighted by Crippen LogP contribution is -2.42. The van der Waals surface area contributed by atoms with E-state index in [9.17, 15) is 4.79 Å². The highest BCUT2D eigenvalue weighted by atomic mass is 16.5. The Hall–Kier alpha value is -3.24. The molecule has 1 aromatic carbocycles. The van der Waals surface area contributed by atoms with Crippen LogP contribution >= 0.6 is 0 Å². The molecule has 1 unspecified atom stereocenters. The number of carbonyl (C=O) groups excluding carboxylic acids is 1. The number of H-pyrrole nitrogens is 1. The van der Waals surface area contributed by atoms with Crippen molar-refractivity contribution in [3.8, 4) is 6.07 Å². The smallest absolute Gasteiger partial charge is 0.255 e. The van der Waals surface area contributed by atoms with Gasteiger partial charge in [-0.25, -0.2) is 4.98 Å². The number of aromatic nitrogens is 3. The van der Waals surface area contributed by atoms with Gasteiger partial charge in [-0.15, -0.1) is 0 Å². The molecule has 1 aliphatic heterocycles. The molecule has 3 aromatic rings. The number of carbonyl (C=O) groups is 1. The lowest BCUT2D eigenvalue weighted by molar-refractivity contribution is -0.0228. The van der Waals surface area contributed by atoms with Crippen molar-refractivity contribution in [3.63, 3.8) is 0 Å². The molecule has 1 atom stereocenters. The summed E-state index contributed by atoms with van der Waals surface area (Å²) in [5.41, 5.74) is 3.51. The molecule has 130 valence electrons. The molecular formula is C19H17N5O2. The lowest BCUT2D eigenvalue weighted by atomic mass is 10.0. The number of benzene rings is 1. The van der Waals surface area contributed by atoms with Crippen LogP contribution in [0.4, 0.5) is 0 Å². The quantitative estimate of drug-likeness (QED) is 0.768. The van der Waals surface area contributed by atoms with Gasteiger partial charge in [-0.2, -0.15) is 10.4 Å². The van der Waals surface area contributed by atoms with Gasteiger partial charge in [0.25, 0.3) is 5.91 Å². The molecule has 1 saturated heterocycles. The predicted molar refractivity (Wildman–Crippen MR) is 94.4 cm³/mol. The Morgan fingerprint density at radius 2 is 2.31 bits per heavy atom. The summed E-state index contributed by atoms with van der Waals surface area (Å²) in [5.74, 6) is -0.0789. The number of nitriles is 1. The Bertz CT molecular complexity index is 1020. The third-order valence-electron chi connectivity index (χ3n) is 4.59. The van der Waals surface area contributed by atoms with Crippen LogP contribution in [0.1, 0.15) is 33.3 Å². The number of hydrogen-bond donors (Lipinski definition) is 1. The van der Waals surface area contributed by atoms with Gasteiger partial charge in [-0.1, -0.05) is 12.1 Å². The number of aryl methyl sites for hydroxylation is 1. The van der Waals surface area contributed by atoms with E-state index in [0.29, 0.717) is 36.5 Å². The minimum Gasteiger partial charge on any atom is -0.370 e. The molecule has 2 aromatic heterocycles. The van der Waals surface area contributed by atoms with Gasteiger partial charge in [-0.3, -0.25) is 9.89 Å². The Morgan fingerprint density at radius 3 is 3.15 bits per heavy atom. The second-order valence-corrected chi connectivity index (χ2v) is 6.29. The summed E-state index contributed by atoms with van der Waals surface area (Å²) in [5, 5.41) is 16.9. The van der Waals surface area contributed by atoms with Crippen molar-refractivity contribution in [3.05, 3.63) is 58.9 Å². The van der Waals surface area contributed by atoms with Crippen LogP contribution in [-0.4, -0.2) is 45.7 Å². The first kappa shape index (κ1) is 16.2. The minimum absolute atomic E-state index is 0.0789. The van der Waals surface area contributed by atoms with E-state index in [1.54, 1.807) is 23.2 Å². The van der Waals surface area contributed by atoms with E-state index >= 15 is 0 Å². The molecular weight excluding hydrogens is 330 g/mol. The van der Waals surface area contributed by atoms with Crippen LogP contribution < -0.4 is 0 Å². The molecule has 3 heterocycles. The maximum absolute atomic E-state index is 12.9. The number of amides is 1. The number of ether oxygens (including phenoxy) is 1. The lowest BCUT2D eigenvalue weighted by Gasteiger charge is -2.33. The Balaban J connectivity index is 1.57. The standard InChI is InChI=1S/C19H17N5O2/c1-12-16-8-15(10-21-18(16)23-22-12)19(25)24-5-6-26-17(11-24)14-4-2-3-13(7-14)9-20/h2-4,7-8,10,17H,5-6,11H2,1H3,(H,21,22,23). The third kappa shape index (κ3) is 2.91. The predicted octanol–water partition coefficient (Wildman–Crippen LogP) is 2.35. The van der Waals surface area contributed by atoms with Crippen LogP contribution in [0.15, 0.2) is 36.5 Å². The molecule has 0 spiro atoms. The molecule has 0 saturated carbocycles. The fraction of sp³-hybridized carbons (Fsp3) is 0.263. The molecule has 1 fully saturated rings. The van der Waals surface area contributed by atoms with E-state index in [1.165, 1.54) is 0 Å². The molecule has 1 N–H and O–H groups in total. The maximum atomic E-state index is 12.9. The van der Waals surface area contributed by atoms with Gasteiger partial charge in [0.2, 0.25) is 0 Å². The average Bonchev–Trinajstić information content (AvgIpc) is 3.08. The number of nitrogens with one attached hydrogen (secondary N) is 1. The topological polar surface area (TPSA) is 94.9 Å². The van der Waals surface area contributed by atoms with Gasteiger partial charge < -0.3 is 9.64 Å². The molecule has 1 amide bonds. The van der Waals surface area contributed by atoms with E-state index < -0.39 is 0 Å². The zero-order valence-electron chi connectivity index (χ0n) is 14.3. The highest BCUT2D eigenvalue weighted by Crippen LogP contribution is 2.24. The SMILES string of the molecule is Cc1[nH]nc2ncc(C(=O)N3CCOC(c4cccc(C#N)c4)C3)cc12. The van der Waals surface area contributed by atoms with Crippen molar-refractivity contribution < 1.29 is 9.53 Å². The van der Waals surface area contributed by atoms with E-state index in [0.717, 1.165) is 16.6 Å². The summed E-state index contributed by atoms with van der Waals surface area (Å²) in [4.78, 5) is 19.0. The number of hydrogen-bond acceptors (Lipinski definition) is 5. The van der Waals surface area contributed by atoms with E-state index in [-0.39, 0.29) is 12.0 Å². The summed E-state index contributed by atoms with van der Waals surface area (Å²) in [6.45, 7) is 3.32. The van der Waals surface area contributed by atoms with E-state index in [1.807, 2.05) is 25.1 Å². The summed E-state index contributed by atoms with van der Waals surface area (Å²) in [7, 11) is 0. The van der Waals surface area contributed by atoms with Crippen molar-refractivity contribution in [2.75, 3.05) is 19.7 Å². The number of rotatable bonds is 2. The molecule has 26 heavy (non-hydrogen) atoms. The number of pyridine rings is 1. The summed E-state index contributed by atoms with van der Waals surface area (Å²) >= 11 is 0. The number of fused-ring (bicyclic) bond motifs is 1. The van der Waals surface area contributed by atoms with Crippen molar-refractivity contribution >= 4 is 16.9 Å². The first-order valence-electron chi connectivity index (χ1n) is 8.37. The zero-order valence-corrected chi connectivity index (χ0v) is 14.3. The Kier molecular flexibility index (Phi) is 4.11. The molecule has 0 aliphatic carbocycles. The molecule has 7 heteroatoms. The molecule has 0 bridgehead atoms. The fourth-order valence-corrected chi connectivity index (χ4v) is 3.16. The highest BCUT2D eigenvalue weighted by molar-refractivity contribution is 5.97. The molecule has 1 aliphatic rings. The molecule has 0 radical (unpaired) electrons. The van der Waals surface area contributed by atoms with Crippen molar-refractivity contribution in [2.24, 2.45) is 0 Å². The van der Waals surface area contributed by atoms with Crippen LogP contribution in [-0.2, 0) is 4.74 Å². The number of nitrogens with zero attached hydrogens (tertiary/aromatic N) is 4. The fourth-order valence-electron chi connectivity index (χ4n) is 3.16. The first-order chi connectivity index (χ1) is 12.7. The van der Waals surface area contributed by atoms with Gasteiger partial charge >= 0.3 is 0 Å². The zero-order chi connectivity index (χ0) is 18.1. The number of aromatic amines is 1. The van der Waals surface area contributed by atoms with Crippen molar-refractivity contribution in [1.82, 2.24) is 20.1 Å². The van der Waals surface area contributed by atoms with Gasteiger partial charge in [0, 0.05) is 23.8 Å². The summed E-state index contributed by atoms with van der Waals surface area (Å²) in [6, 6.07) is 11.3. The van der Waals surface area contributed by atoms with Crippen LogP contribution in [0.3, 0.4) is 0 Å². The number of morpholine rings is 1. The average molecular weight is 347 g/mol. The van der Waals surface area contributed by atoms with Gasteiger partial charge in [0.15, 0.2) is 5.65 Å².